The molecule has 4 rings (SSSR count). The van der Waals surface area contributed by atoms with Gasteiger partial charge in [0.15, 0.2) is 5.79 Å². The van der Waals surface area contributed by atoms with Gasteiger partial charge in [-0.2, -0.15) is 15.6 Å². The van der Waals surface area contributed by atoms with Crippen molar-refractivity contribution in [3.05, 3.63) is 34.6 Å². The summed E-state index contributed by atoms with van der Waals surface area (Å²) < 4.78 is 13.4. The molecule has 0 radical (unpaired) electrons. The van der Waals surface area contributed by atoms with Gasteiger partial charge in [-0.3, -0.25) is 4.68 Å². The molecule has 2 aliphatic heterocycles. The van der Waals surface area contributed by atoms with Gasteiger partial charge in [-0.25, -0.2) is 9.78 Å². The number of thioether (sulfide) groups is 1. The summed E-state index contributed by atoms with van der Waals surface area (Å²) in [4.78, 5) is 20.5. The van der Waals surface area contributed by atoms with Crippen molar-refractivity contribution in [2.24, 2.45) is 0 Å². The molecule has 2 aromatic rings. The van der Waals surface area contributed by atoms with E-state index in [0.29, 0.717) is 78.8 Å². The molecule has 12 heteroatoms. The van der Waals surface area contributed by atoms with Crippen LogP contribution in [0.5, 0.6) is 0 Å². The van der Waals surface area contributed by atoms with Crippen LogP contribution in [0.2, 0.25) is 0 Å². The molecule has 0 saturated carbocycles. The summed E-state index contributed by atoms with van der Waals surface area (Å²) in [6.07, 6.45) is 4.57. The Morgan fingerprint density at radius 2 is 1.93 bits per heavy atom. The third-order valence-corrected chi connectivity index (χ3v) is 8.45. The molecule has 0 aliphatic carbocycles. The Morgan fingerprint density at radius 1 is 1.24 bits per heavy atom. The third kappa shape index (κ3) is 6.95. The highest BCUT2D eigenvalue weighted by atomic mass is 32.2. The van der Waals surface area contributed by atoms with Crippen LogP contribution in [0.4, 0.5) is 10.6 Å². The molecule has 0 spiro atoms. The number of carboxylic acid groups (broad SMARTS) is 1. The van der Waals surface area contributed by atoms with Gasteiger partial charge in [-0.15, -0.1) is 11.8 Å². The van der Waals surface area contributed by atoms with Crippen LogP contribution in [-0.4, -0.2) is 74.0 Å². The van der Waals surface area contributed by atoms with E-state index in [0.717, 1.165) is 5.56 Å². The lowest BCUT2D eigenvalue weighted by Gasteiger charge is -2.44. The zero-order chi connectivity index (χ0) is 29.9. The minimum absolute atomic E-state index is 0.0689. The molecule has 0 aromatic carbocycles. The first kappa shape index (κ1) is 30.6. The zero-order valence-corrected chi connectivity index (χ0v) is 25.5. The SMILES string of the molecule is CCc1c(C#N)c(SCc2cnn(CC3COC(C)(C)O3)c2)nc(N2CCC(N(C(=O)O)C(C)(C)C)CC2)c1C#N. The fraction of sp³-hybridized carbons (Fsp3) is 0.621. The fourth-order valence-electron chi connectivity index (χ4n) is 5.64. The van der Waals surface area contributed by atoms with Crippen molar-refractivity contribution in [1.29, 1.82) is 10.5 Å². The van der Waals surface area contributed by atoms with E-state index in [1.54, 1.807) is 6.20 Å². The largest absolute Gasteiger partial charge is 0.465 e. The van der Waals surface area contributed by atoms with E-state index in [4.69, 9.17) is 14.5 Å². The topological polar surface area (TPSA) is 141 Å². The van der Waals surface area contributed by atoms with E-state index < -0.39 is 17.4 Å². The molecule has 11 nitrogen and oxygen atoms in total. The smallest absolute Gasteiger partial charge is 0.407 e. The van der Waals surface area contributed by atoms with Gasteiger partial charge in [0.2, 0.25) is 0 Å². The molecule has 2 aromatic heterocycles. The average molecular weight is 582 g/mol. The van der Waals surface area contributed by atoms with Crippen molar-refractivity contribution in [3.8, 4) is 12.1 Å². The highest BCUT2D eigenvalue weighted by Crippen LogP contribution is 2.35. The number of nitrogens with zero attached hydrogens (tertiary/aromatic N) is 7. The van der Waals surface area contributed by atoms with Gasteiger partial charge in [0.25, 0.3) is 0 Å². The maximum Gasteiger partial charge on any atom is 0.407 e. The highest BCUT2D eigenvalue weighted by Gasteiger charge is 2.36. The molecule has 1 amide bonds. The predicted molar refractivity (Wildman–Crippen MR) is 155 cm³/mol. The van der Waals surface area contributed by atoms with Gasteiger partial charge in [0, 0.05) is 42.2 Å². The van der Waals surface area contributed by atoms with Crippen molar-refractivity contribution >= 4 is 23.7 Å². The van der Waals surface area contributed by atoms with Gasteiger partial charge in [0.1, 0.15) is 29.1 Å². The number of rotatable bonds is 8. The molecule has 1 unspecified atom stereocenters. The lowest BCUT2D eigenvalue weighted by atomic mass is 9.96. The number of carbonyl (C=O) groups is 1. The third-order valence-electron chi connectivity index (χ3n) is 7.40. The van der Waals surface area contributed by atoms with Crippen LogP contribution < -0.4 is 4.90 Å². The van der Waals surface area contributed by atoms with Crippen LogP contribution in [-0.2, 0) is 28.2 Å². The summed E-state index contributed by atoms with van der Waals surface area (Å²) in [7, 11) is 0. The number of nitriles is 2. The fourth-order valence-corrected chi connectivity index (χ4v) is 6.55. The van der Waals surface area contributed by atoms with Crippen molar-refractivity contribution in [2.75, 3.05) is 24.6 Å². The van der Waals surface area contributed by atoms with E-state index >= 15 is 0 Å². The molecular formula is C29H39N7O4S. The molecule has 2 saturated heterocycles. The predicted octanol–water partition coefficient (Wildman–Crippen LogP) is 4.77. The van der Waals surface area contributed by atoms with Crippen LogP contribution in [0.15, 0.2) is 17.4 Å². The minimum Gasteiger partial charge on any atom is -0.465 e. The molecule has 220 valence electrons. The average Bonchev–Trinajstić information content (AvgIpc) is 3.50. The standard InChI is InChI=1S/C29H39N7O4S/c1-7-22-23(12-30)25(34-10-8-20(9-11-34)36(27(37)38)28(2,3)4)33-26(24(22)13-31)41-18-19-14-32-35(15-19)16-21-17-39-29(5,6)40-21/h14-15,20-21H,7-11,16-18H2,1-6H3,(H,37,38). The highest BCUT2D eigenvalue weighted by molar-refractivity contribution is 7.98. The normalized spacial score (nSPS) is 19.1. The maximum absolute atomic E-state index is 12.0. The van der Waals surface area contributed by atoms with Crippen LogP contribution in [0, 0.1) is 22.7 Å². The first-order valence-electron chi connectivity index (χ1n) is 14.0. The van der Waals surface area contributed by atoms with Gasteiger partial charge >= 0.3 is 6.09 Å². The lowest BCUT2D eigenvalue weighted by molar-refractivity contribution is -0.139. The number of ether oxygens (including phenoxy) is 2. The number of piperidine rings is 1. The molecular weight excluding hydrogens is 542 g/mol. The van der Waals surface area contributed by atoms with Crippen LogP contribution in [0.25, 0.3) is 0 Å². The van der Waals surface area contributed by atoms with Crippen molar-refractivity contribution < 1.29 is 19.4 Å². The molecule has 1 N–H and O–H groups in total. The van der Waals surface area contributed by atoms with E-state index in [1.165, 1.54) is 16.7 Å². The maximum atomic E-state index is 12.0. The summed E-state index contributed by atoms with van der Waals surface area (Å²) in [5.41, 5.74) is 2.03. The Balaban J connectivity index is 1.52. The minimum atomic E-state index is -0.923. The molecule has 2 fully saturated rings. The van der Waals surface area contributed by atoms with Gasteiger partial charge in [-0.05, 0) is 59.4 Å². The Bertz CT molecular complexity index is 1350. The molecule has 0 bridgehead atoms. The first-order valence-corrected chi connectivity index (χ1v) is 15.0. The Morgan fingerprint density at radius 3 is 2.46 bits per heavy atom. The van der Waals surface area contributed by atoms with Crippen molar-refractivity contribution in [1.82, 2.24) is 19.7 Å². The molecule has 1 atom stereocenters. The van der Waals surface area contributed by atoms with E-state index in [1.807, 2.05) is 52.4 Å². The van der Waals surface area contributed by atoms with E-state index in [-0.39, 0.29) is 12.1 Å². The lowest BCUT2D eigenvalue weighted by Crippen LogP contribution is -2.54. The van der Waals surface area contributed by atoms with Crippen LogP contribution in [0.1, 0.15) is 76.6 Å². The zero-order valence-electron chi connectivity index (χ0n) is 24.7. The molecule has 41 heavy (non-hydrogen) atoms. The Hall–Kier alpha value is -3.32. The second-order valence-electron chi connectivity index (χ2n) is 11.9. The number of hydrogen-bond donors (Lipinski definition) is 1. The molecule has 2 aliphatic rings. The monoisotopic (exact) mass is 581 g/mol. The number of amides is 1. The number of aromatic nitrogens is 3. The van der Waals surface area contributed by atoms with Crippen molar-refractivity contribution in [2.45, 2.75) is 102 Å². The quantitative estimate of drug-likeness (QED) is 0.433. The summed E-state index contributed by atoms with van der Waals surface area (Å²) in [6.45, 7) is 13.7. The summed E-state index contributed by atoms with van der Waals surface area (Å²) in [5.74, 6) is 0.543. The number of pyridine rings is 1. The van der Waals surface area contributed by atoms with Gasteiger partial charge < -0.3 is 24.4 Å². The number of anilines is 1. The summed E-state index contributed by atoms with van der Waals surface area (Å²) in [6, 6.07) is 4.48. The second-order valence-corrected chi connectivity index (χ2v) is 12.9. The summed E-state index contributed by atoms with van der Waals surface area (Å²) >= 11 is 1.46. The van der Waals surface area contributed by atoms with Gasteiger partial charge in [-0.1, -0.05) is 6.92 Å². The van der Waals surface area contributed by atoms with Gasteiger partial charge in [0.05, 0.1) is 30.5 Å². The summed E-state index contributed by atoms with van der Waals surface area (Å²) in [5, 5.41) is 35.0. The Kier molecular flexibility index (Phi) is 9.17. The van der Waals surface area contributed by atoms with Crippen molar-refractivity contribution in [3.63, 3.8) is 0 Å². The van der Waals surface area contributed by atoms with E-state index in [2.05, 4.69) is 22.1 Å². The van der Waals surface area contributed by atoms with Crippen LogP contribution >= 0.6 is 11.8 Å². The van der Waals surface area contributed by atoms with Crippen LogP contribution in [0.3, 0.4) is 0 Å². The van der Waals surface area contributed by atoms with E-state index in [9.17, 15) is 20.4 Å². The first-order chi connectivity index (χ1) is 19.4. The Labute approximate surface area is 246 Å². The number of hydrogen-bond acceptors (Lipinski definition) is 9. The molecule has 4 heterocycles. The second kappa shape index (κ2) is 12.3.